The Balaban J connectivity index is 1.83. The highest BCUT2D eigenvalue weighted by atomic mass is 16.5. The number of carbonyl (C=O) groups excluding carboxylic acids is 1. The van der Waals surface area contributed by atoms with E-state index in [1.54, 1.807) is 0 Å². The first-order valence-electron chi connectivity index (χ1n) is 9.22. The standard InChI is InChI=1S/C22H29NO2/c1-4-18-13-15-20(16-14-18)25-21(5-2)22(24)23-17(3)11-12-19-9-7-6-8-10-19/h6-10,13-17,21H,4-5,11-12H2,1-3H3,(H,23,24)/t17-,21+/m1/s1. The van der Waals surface area contributed by atoms with Crippen LogP contribution in [-0.2, 0) is 17.6 Å². The van der Waals surface area contributed by atoms with Gasteiger partial charge in [0.25, 0.3) is 5.91 Å². The summed E-state index contributed by atoms with van der Waals surface area (Å²) >= 11 is 0. The molecule has 0 fully saturated rings. The molecule has 25 heavy (non-hydrogen) atoms. The lowest BCUT2D eigenvalue weighted by Crippen LogP contribution is -2.42. The second kappa shape index (κ2) is 9.87. The Bertz CT molecular complexity index is 637. The summed E-state index contributed by atoms with van der Waals surface area (Å²) in [5, 5.41) is 3.08. The number of benzene rings is 2. The van der Waals surface area contributed by atoms with Crippen molar-refractivity contribution in [3.63, 3.8) is 0 Å². The molecule has 0 saturated heterocycles. The first kappa shape index (κ1) is 19.0. The van der Waals surface area contributed by atoms with E-state index in [1.807, 2.05) is 56.3 Å². The van der Waals surface area contributed by atoms with Crippen molar-refractivity contribution in [3.8, 4) is 5.75 Å². The third kappa shape index (κ3) is 6.26. The Morgan fingerprint density at radius 1 is 1.00 bits per heavy atom. The zero-order valence-corrected chi connectivity index (χ0v) is 15.5. The van der Waals surface area contributed by atoms with E-state index in [2.05, 4.69) is 24.4 Å². The smallest absolute Gasteiger partial charge is 0.261 e. The molecule has 0 bridgehead atoms. The van der Waals surface area contributed by atoms with Crippen molar-refractivity contribution in [2.45, 2.75) is 58.6 Å². The lowest BCUT2D eigenvalue weighted by atomic mass is 10.1. The van der Waals surface area contributed by atoms with E-state index in [4.69, 9.17) is 4.74 Å². The van der Waals surface area contributed by atoms with Gasteiger partial charge in [-0.15, -0.1) is 0 Å². The molecule has 0 aromatic heterocycles. The highest BCUT2D eigenvalue weighted by molar-refractivity contribution is 5.81. The highest BCUT2D eigenvalue weighted by Crippen LogP contribution is 2.16. The largest absolute Gasteiger partial charge is 0.481 e. The van der Waals surface area contributed by atoms with E-state index in [0.29, 0.717) is 6.42 Å². The molecule has 0 aliphatic carbocycles. The lowest BCUT2D eigenvalue weighted by molar-refractivity contribution is -0.128. The lowest BCUT2D eigenvalue weighted by Gasteiger charge is -2.20. The first-order chi connectivity index (χ1) is 12.1. The second-order valence-electron chi connectivity index (χ2n) is 6.45. The zero-order valence-electron chi connectivity index (χ0n) is 15.5. The summed E-state index contributed by atoms with van der Waals surface area (Å²) in [5.41, 5.74) is 2.56. The molecule has 0 aliphatic heterocycles. The van der Waals surface area contributed by atoms with Crippen LogP contribution in [0, 0.1) is 0 Å². The molecule has 0 radical (unpaired) electrons. The number of nitrogens with one attached hydrogen (secondary N) is 1. The molecule has 3 nitrogen and oxygen atoms in total. The maximum Gasteiger partial charge on any atom is 0.261 e. The zero-order chi connectivity index (χ0) is 18.1. The molecule has 0 unspecified atom stereocenters. The molecule has 134 valence electrons. The molecule has 0 saturated carbocycles. The van der Waals surface area contributed by atoms with Crippen molar-refractivity contribution >= 4 is 5.91 Å². The van der Waals surface area contributed by atoms with Crippen LogP contribution in [0.1, 0.15) is 44.7 Å². The Kier molecular flexibility index (Phi) is 7.52. The molecule has 0 spiro atoms. The Labute approximate surface area is 151 Å². The van der Waals surface area contributed by atoms with Crippen molar-refractivity contribution in [3.05, 3.63) is 65.7 Å². The summed E-state index contributed by atoms with van der Waals surface area (Å²) in [6, 6.07) is 18.4. The number of hydrogen-bond donors (Lipinski definition) is 1. The van der Waals surface area contributed by atoms with Crippen LogP contribution >= 0.6 is 0 Å². The van der Waals surface area contributed by atoms with Gasteiger partial charge in [-0.05, 0) is 55.9 Å². The summed E-state index contributed by atoms with van der Waals surface area (Å²) in [6.45, 7) is 6.14. The van der Waals surface area contributed by atoms with Gasteiger partial charge in [-0.25, -0.2) is 0 Å². The Hall–Kier alpha value is -2.29. The summed E-state index contributed by atoms with van der Waals surface area (Å²) in [6.07, 6.45) is 3.06. The van der Waals surface area contributed by atoms with Crippen LogP contribution in [0.4, 0.5) is 0 Å². The minimum absolute atomic E-state index is 0.0392. The predicted octanol–water partition coefficient (Wildman–Crippen LogP) is 4.54. The monoisotopic (exact) mass is 339 g/mol. The van der Waals surface area contributed by atoms with E-state index >= 15 is 0 Å². The molecule has 1 amide bonds. The van der Waals surface area contributed by atoms with Gasteiger partial charge in [0.15, 0.2) is 6.10 Å². The van der Waals surface area contributed by atoms with Gasteiger partial charge in [0.05, 0.1) is 0 Å². The predicted molar refractivity (Wildman–Crippen MR) is 103 cm³/mol. The van der Waals surface area contributed by atoms with Crippen molar-refractivity contribution < 1.29 is 9.53 Å². The molecular weight excluding hydrogens is 310 g/mol. The van der Waals surface area contributed by atoms with Crippen LogP contribution in [0.15, 0.2) is 54.6 Å². The van der Waals surface area contributed by atoms with E-state index < -0.39 is 6.10 Å². The van der Waals surface area contributed by atoms with E-state index in [-0.39, 0.29) is 11.9 Å². The quantitative estimate of drug-likeness (QED) is 0.728. The molecule has 2 aromatic carbocycles. The van der Waals surface area contributed by atoms with Crippen LogP contribution in [0.3, 0.4) is 0 Å². The third-order valence-corrected chi connectivity index (χ3v) is 4.37. The number of aryl methyl sites for hydroxylation is 2. The van der Waals surface area contributed by atoms with Gasteiger partial charge in [0, 0.05) is 6.04 Å². The van der Waals surface area contributed by atoms with Gasteiger partial charge in [0.2, 0.25) is 0 Å². The minimum Gasteiger partial charge on any atom is -0.481 e. The summed E-state index contributed by atoms with van der Waals surface area (Å²) in [4.78, 5) is 12.5. The average Bonchev–Trinajstić information content (AvgIpc) is 2.65. The normalized spacial score (nSPS) is 13.1. The molecule has 0 heterocycles. The van der Waals surface area contributed by atoms with Gasteiger partial charge in [0.1, 0.15) is 5.75 Å². The van der Waals surface area contributed by atoms with Gasteiger partial charge < -0.3 is 10.1 Å². The molecule has 1 N–H and O–H groups in total. The summed E-state index contributed by atoms with van der Waals surface area (Å²) in [7, 11) is 0. The average molecular weight is 339 g/mol. The Morgan fingerprint density at radius 3 is 2.28 bits per heavy atom. The number of carbonyl (C=O) groups is 1. The SMILES string of the molecule is CCc1ccc(O[C@@H](CC)C(=O)N[C@H](C)CCc2ccccc2)cc1. The minimum atomic E-state index is -0.452. The topological polar surface area (TPSA) is 38.3 Å². The van der Waals surface area contributed by atoms with Crippen molar-refractivity contribution in [2.24, 2.45) is 0 Å². The first-order valence-corrected chi connectivity index (χ1v) is 9.22. The fourth-order valence-electron chi connectivity index (χ4n) is 2.73. The number of hydrogen-bond acceptors (Lipinski definition) is 2. The van der Waals surface area contributed by atoms with E-state index in [0.717, 1.165) is 25.0 Å². The van der Waals surface area contributed by atoms with Gasteiger partial charge in [-0.3, -0.25) is 4.79 Å². The molecule has 2 rings (SSSR count). The van der Waals surface area contributed by atoms with Gasteiger partial charge >= 0.3 is 0 Å². The van der Waals surface area contributed by atoms with Crippen LogP contribution in [-0.4, -0.2) is 18.1 Å². The number of rotatable bonds is 9. The fraction of sp³-hybridized carbons (Fsp3) is 0.409. The second-order valence-corrected chi connectivity index (χ2v) is 6.45. The number of ether oxygens (including phenoxy) is 1. The molecule has 0 aliphatic rings. The van der Waals surface area contributed by atoms with Gasteiger partial charge in [-0.2, -0.15) is 0 Å². The Morgan fingerprint density at radius 2 is 1.68 bits per heavy atom. The fourth-order valence-corrected chi connectivity index (χ4v) is 2.73. The molecular formula is C22H29NO2. The van der Waals surface area contributed by atoms with E-state index in [1.165, 1.54) is 11.1 Å². The van der Waals surface area contributed by atoms with Crippen LogP contribution in [0.25, 0.3) is 0 Å². The maximum absolute atomic E-state index is 12.5. The van der Waals surface area contributed by atoms with Crippen molar-refractivity contribution in [1.82, 2.24) is 5.32 Å². The van der Waals surface area contributed by atoms with Crippen LogP contribution in [0.2, 0.25) is 0 Å². The third-order valence-electron chi connectivity index (χ3n) is 4.37. The number of amides is 1. The van der Waals surface area contributed by atoms with Gasteiger partial charge in [-0.1, -0.05) is 56.3 Å². The maximum atomic E-state index is 12.5. The summed E-state index contributed by atoms with van der Waals surface area (Å²) < 4.78 is 5.88. The van der Waals surface area contributed by atoms with Crippen molar-refractivity contribution in [2.75, 3.05) is 0 Å². The van der Waals surface area contributed by atoms with Crippen LogP contribution in [0.5, 0.6) is 5.75 Å². The molecule has 2 atom stereocenters. The molecule has 3 heteroatoms. The highest BCUT2D eigenvalue weighted by Gasteiger charge is 2.20. The molecule has 2 aromatic rings. The van der Waals surface area contributed by atoms with Crippen molar-refractivity contribution in [1.29, 1.82) is 0 Å². The summed E-state index contributed by atoms with van der Waals surface area (Å²) in [5.74, 6) is 0.707. The van der Waals surface area contributed by atoms with Crippen LogP contribution < -0.4 is 10.1 Å². The van der Waals surface area contributed by atoms with E-state index in [9.17, 15) is 4.79 Å².